The lowest BCUT2D eigenvalue weighted by Crippen LogP contribution is -2.08. The Bertz CT molecular complexity index is 244. The largest absolute Gasteiger partial charge is 0.466 e. The van der Waals surface area contributed by atoms with Gasteiger partial charge >= 0.3 is 5.97 Å². The van der Waals surface area contributed by atoms with E-state index in [2.05, 4.69) is 6.92 Å². The first kappa shape index (κ1) is 22.4. The third-order valence-corrected chi connectivity index (χ3v) is 4.35. The SMILES string of the molecule is CCCCCCCCCCCCCCCCOC(=O)CCCN. The van der Waals surface area contributed by atoms with Crippen LogP contribution in [0, 0.1) is 0 Å². The maximum atomic E-state index is 11.3. The van der Waals surface area contributed by atoms with Gasteiger partial charge < -0.3 is 10.5 Å². The first-order valence-electron chi connectivity index (χ1n) is 10.2. The van der Waals surface area contributed by atoms with Crippen LogP contribution in [0.1, 0.15) is 110 Å². The van der Waals surface area contributed by atoms with Crippen LogP contribution in [0.3, 0.4) is 0 Å². The van der Waals surface area contributed by atoms with Gasteiger partial charge in [-0.05, 0) is 19.4 Å². The molecule has 3 heteroatoms. The van der Waals surface area contributed by atoms with Gasteiger partial charge in [0.1, 0.15) is 0 Å². The first-order valence-corrected chi connectivity index (χ1v) is 10.2. The van der Waals surface area contributed by atoms with E-state index in [-0.39, 0.29) is 5.97 Å². The van der Waals surface area contributed by atoms with Gasteiger partial charge in [0.05, 0.1) is 6.61 Å². The zero-order valence-electron chi connectivity index (χ0n) is 15.6. The first-order chi connectivity index (χ1) is 11.3. The molecule has 3 nitrogen and oxygen atoms in total. The van der Waals surface area contributed by atoms with Crippen LogP contribution < -0.4 is 5.73 Å². The summed E-state index contributed by atoms with van der Waals surface area (Å²) in [5.41, 5.74) is 5.35. The average Bonchev–Trinajstić information content (AvgIpc) is 2.56. The number of rotatable bonds is 18. The number of nitrogens with two attached hydrogens (primary N) is 1. The van der Waals surface area contributed by atoms with E-state index in [4.69, 9.17) is 10.5 Å². The molecule has 0 aliphatic heterocycles. The van der Waals surface area contributed by atoms with Crippen LogP contribution in [0.5, 0.6) is 0 Å². The predicted molar refractivity (Wildman–Crippen MR) is 99.6 cm³/mol. The molecule has 0 heterocycles. The Hall–Kier alpha value is -0.570. The van der Waals surface area contributed by atoms with E-state index in [1.54, 1.807) is 0 Å². The number of hydrogen-bond donors (Lipinski definition) is 1. The summed E-state index contributed by atoms with van der Waals surface area (Å²) < 4.78 is 5.16. The molecule has 0 aromatic heterocycles. The number of hydrogen-bond acceptors (Lipinski definition) is 3. The Labute approximate surface area is 144 Å². The van der Waals surface area contributed by atoms with Crippen LogP contribution in [0.25, 0.3) is 0 Å². The van der Waals surface area contributed by atoms with Crippen LogP contribution >= 0.6 is 0 Å². The van der Waals surface area contributed by atoms with Crippen LogP contribution in [0.2, 0.25) is 0 Å². The van der Waals surface area contributed by atoms with Gasteiger partial charge in [0.15, 0.2) is 0 Å². The van der Waals surface area contributed by atoms with Crippen LogP contribution in [0.4, 0.5) is 0 Å². The average molecular weight is 328 g/mol. The van der Waals surface area contributed by atoms with Crippen molar-refractivity contribution in [3.63, 3.8) is 0 Å². The smallest absolute Gasteiger partial charge is 0.305 e. The lowest BCUT2D eigenvalue weighted by atomic mass is 10.0. The molecule has 0 aromatic rings. The summed E-state index contributed by atoms with van der Waals surface area (Å²) in [5.74, 6) is -0.0925. The topological polar surface area (TPSA) is 52.3 Å². The summed E-state index contributed by atoms with van der Waals surface area (Å²) in [6.07, 6.45) is 20.1. The molecule has 23 heavy (non-hydrogen) atoms. The van der Waals surface area contributed by atoms with Gasteiger partial charge in [0.2, 0.25) is 0 Å². The summed E-state index contributed by atoms with van der Waals surface area (Å²) in [6.45, 7) is 3.42. The Morgan fingerprint density at radius 3 is 1.57 bits per heavy atom. The summed E-state index contributed by atoms with van der Waals surface area (Å²) in [4.78, 5) is 11.3. The van der Waals surface area contributed by atoms with Crippen molar-refractivity contribution >= 4 is 5.97 Å². The quantitative estimate of drug-likeness (QED) is 0.257. The molecule has 0 saturated heterocycles. The van der Waals surface area contributed by atoms with Gasteiger partial charge in [-0.1, -0.05) is 90.4 Å². The van der Waals surface area contributed by atoms with E-state index in [9.17, 15) is 4.79 Å². The molecule has 0 spiro atoms. The Kier molecular flexibility index (Phi) is 19.0. The zero-order valence-corrected chi connectivity index (χ0v) is 15.6. The van der Waals surface area contributed by atoms with Gasteiger partial charge in [-0.15, -0.1) is 0 Å². The fourth-order valence-electron chi connectivity index (χ4n) is 2.80. The molecular weight excluding hydrogens is 286 g/mol. The van der Waals surface area contributed by atoms with Crippen molar-refractivity contribution in [1.82, 2.24) is 0 Å². The van der Waals surface area contributed by atoms with Gasteiger partial charge in [-0.3, -0.25) is 4.79 Å². The van der Waals surface area contributed by atoms with E-state index in [0.29, 0.717) is 19.6 Å². The van der Waals surface area contributed by atoms with E-state index >= 15 is 0 Å². The fraction of sp³-hybridized carbons (Fsp3) is 0.950. The second-order valence-corrected chi connectivity index (χ2v) is 6.71. The van der Waals surface area contributed by atoms with E-state index < -0.39 is 0 Å². The molecule has 0 radical (unpaired) electrons. The highest BCUT2D eigenvalue weighted by molar-refractivity contribution is 5.69. The predicted octanol–water partition coefficient (Wildman–Crippen LogP) is 5.75. The molecule has 0 atom stereocenters. The van der Waals surface area contributed by atoms with Gasteiger partial charge in [-0.25, -0.2) is 0 Å². The van der Waals surface area contributed by atoms with Gasteiger partial charge in [0.25, 0.3) is 0 Å². The molecule has 0 saturated carbocycles. The van der Waals surface area contributed by atoms with E-state index in [1.807, 2.05) is 0 Å². The minimum atomic E-state index is -0.0925. The summed E-state index contributed by atoms with van der Waals surface area (Å²) >= 11 is 0. The number of unbranched alkanes of at least 4 members (excludes halogenated alkanes) is 13. The van der Waals surface area contributed by atoms with Crippen molar-refractivity contribution in [3.8, 4) is 0 Å². The highest BCUT2D eigenvalue weighted by Gasteiger charge is 2.01. The minimum absolute atomic E-state index is 0.0925. The fourth-order valence-corrected chi connectivity index (χ4v) is 2.80. The monoisotopic (exact) mass is 327 g/mol. The van der Waals surface area contributed by atoms with E-state index in [0.717, 1.165) is 12.8 Å². The molecule has 0 aliphatic carbocycles. The maximum Gasteiger partial charge on any atom is 0.305 e. The van der Waals surface area contributed by atoms with Gasteiger partial charge in [0, 0.05) is 6.42 Å². The van der Waals surface area contributed by atoms with Crippen molar-refractivity contribution in [2.75, 3.05) is 13.2 Å². The number of carbonyl (C=O) groups excluding carboxylic acids is 1. The van der Waals surface area contributed by atoms with Crippen LogP contribution in [-0.4, -0.2) is 19.1 Å². The Morgan fingerprint density at radius 1 is 0.696 bits per heavy atom. The molecule has 0 unspecified atom stereocenters. The van der Waals surface area contributed by atoms with Crippen molar-refractivity contribution < 1.29 is 9.53 Å². The van der Waals surface area contributed by atoms with Crippen molar-refractivity contribution in [1.29, 1.82) is 0 Å². The molecule has 2 N–H and O–H groups in total. The van der Waals surface area contributed by atoms with Crippen LogP contribution in [0.15, 0.2) is 0 Å². The lowest BCUT2D eigenvalue weighted by Gasteiger charge is -2.05. The van der Waals surface area contributed by atoms with Gasteiger partial charge in [-0.2, -0.15) is 0 Å². The van der Waals surface area contributed by atoms with Crippen molar-refractivity contribution in [3.05, 3.63) is 0 Å². The lowest BCUT2D eigenvalue weighted by molar-refractivity contribution is -0.143. The molecule has 138 valence electrons. The Morgan fingerprint density at radius 2 is 1.13 bits per heavy atom. The number of carbonyl (C=O) groups is 1. The summed E-state index contributed by atoms with van der Waals surface area (Å²) in [6, 6.07) is 0. The van der Waals surface area contributed by atoms with Crippen LogP contribution in [-0.2, 0) is 9.53 Å². The molecule has 0 amide bonds. The minimum Gasteiger partial charge on any atom is -0.466 e. The third-order valence-electron chi connectivity index (χ3n) is 4.35. The molecule has 0 fully saturated rings. The second-order valence-electron chi connectivity index (χ2n) is 6.71. The van der Waals surface area contributed by atoms with E-state index in [1.165, 1.54) is 83.5 Å². The number of ether oxygens (including phenoxy) is 1. The molecule has 0 bridgehead atoms. The molecular formula is C20H41NO2. The normalized spacial score (nSPS) is 10.9. The summed E-state index contributed by atoms with van der Waals surface area (Å²) in [5, 5.41) is 0. The molecule has 0 aliphatic rings. The second kappa shape index (κ2) is 19.5. The molecule has 0 aromatic carbocycles. The standard InChI is InChI=1S/C20H41NO2/c1-2-3-4-5-6-7-8-9-10-11-12-13-14-15-19-23-20(22)17-16-18-21/h2-19,21H2,1H3. The maximum absolute atomic E-state index is 11.3. The van der Waals surface area contributed by atoms with Crippen molar-refractivity contribution in [2.24, 2.45) is 5.73 Å². The molecule has 0 rings (SSSR count). The number of esters is 1. The highest BCUT2D eigenvalue weighted by atomic mass is 16.5. The zero-order chi connectivity index (χ0) is 17.0. The van der Waals surface area contributed by atoms with Crippen molar-refractivity contribution in [2.45, 2.75) is 110 Å². The Balaban J connectivity index is 3.04. The summed E-state index contributed by atoms with van der Waals surface area (Å²) in [7, 11) is 0. The highest BCUT2D eigenvalue weighted by Crippen LogP contribution is 2.12. The third kappa shape index (κ3) is 19.4.